The van der Waals surface area contributed by atoms with E-state index in [9.17, 15) is 22.8 Å². The summed E-state index contributed by atoms with van der Waals surface area (Å²) in [6, 6.07) is 2.19. The van der Waals surface area contributed by atoms with Gasteiger partial charge in [-0.15, -0.1) is 0 Å². The number of anilines is 1. The number of halogens is 3. The molecule has 0 saturated heterocycles. The Labute approximate surface area is 174 Å². The molecule has 3 heterocycles. The molecular weight excluding hydrogens is 415 g/mol. The van der Waals surface area contributed by atoms with E-state index < -0.39 is 17.8 Å². The molecule has 0 atom stereocenters. The van der Waals surface area contributed by atoms with Crippen LogP contribution in [0.3, 0.4) is 0 Å². The zero-order valence-corrected chi connectivity index (χ0v) is 17.1. The van der Waals surface area contributed by atoms with Crippen molar-refractivity contribution in [2.45, 2.75) is 38.4 Å². The summed E-state index contributed by atoms with van der Waals surface area (Å²) in [5.74, 6) is -1.15. The highest BCUT2D eigenvalue weighted by molar-refractivity contribution is 6.07. The molecule has 0 radical (unpaired) electrons. The van der Waals surface area contributed by atoms with Gasteiger partial charge in [0.25, 0.3) is 11.8 Å². The molecule has 1 saturated carbocycles. The number of amides is 2. The minimum atomic E-state index is -4.65. The molecule has 2 amide bonds. The van der Waals surface area contributed by atoms with Crippen molar-refractivity contribution in [2.75, 3.05) is 19.4 Å². The van der Waals surface area contributed by atoms with Crippen LogP contribution in [-0.2, 0) is 12.7 Å². The first kappa shape index (κ1) is 20.8. The van der Waals surface area contributed by atoms with Crippen molar-refractivity contribution in [3.05, 3.63) is 41.1 Å². The standard InChI is InChI=1S/C19H20F3N7O2/c1-4-28-16(18(31)27(2)3)13(9-23-28)25-17(30)12-8-15-24-11(10-5-6-10)7-14(19(20,21)22)29(15)26-12/h7-10H,4-6H2,1-3H3,(H,25,30). The van der Waals surface area contributed by atoms with E-state index in [4.69, 9.17) is 0 Å². The fourth-order valence-electron chi connectivity index (χ4n) is 3.24. The molecule has 9 nitrogen and oxygen atoms in total. The van der Waals surface area contributed by atoms with Crippen LogP contribution < -0.4 is 5.32 Å². The lowest BCUT2D eigenvalue weighted by Crippen LogP contribution is -2.26. The van der Waals surface area contributed by atoms with E-state index in [2.05, 4.69) is 20.5 Å². The summed E-state index contributed by atoms with van der Waals surface area (Å²) in [5, 5.41) is 10.4. The van der Waals surface area contributed by atoms with Crippen molar-refractivity contribution in [2.24, 2.45) is 0 Å². The number of alkyl halides is 3. The van der Waals surface area contributed by atoms with Gasteiger partial charge in [-0.2, -0.15) is 23.4 Å². The van der Waals surface area contributed by atoms with E-state index in [1.165, 1.54) is 21.8 Å². The zero-order valence-electron chi connectivity index (χ0n) is 17.1. The van der Waals surface area contributed by atoms with E-state index in [-0.39, 0.29) is 34.5 Å². The van der Waals surface area contributed by atoms with Crippen LogP contribution in [-0.4, -0.2) is 55.2 Å². The molecule has 0 unspecified atom stereocenters. The second kappa shape index (κ2) is 7.36. The molecule has 0 aliphatic heterocycles. The van der Waals surface area contributed by atoms with Gasteiger partial charge in [0.05, 0.1) is 11.9 Å². The van der Waals surface area contributed by atoms with E-state index in [1.54, 1.807) is 21.0 Å². The van der Waals surface area contributed by atoms with Gasteiger partial charge in [0.1, 0.15) is 11.4 Å². The van der Waals surface area contributed by atoms with Crippen LogP contribution in [0.25, 0.3) is 5.65 Å². The number of rotatable bonds is 5. The Hall–Kier alpha value is -3.44. The summed E-state index contributed by atoms with van der Waals surface area (Å²) in [4.78, 5) is 30.8. The first-order valence-electron chi connectivity index (χ1n) is 9.66. The highest BCUT2D eigenvalue weighted by Crippen LogP contribution is 2.41. The minimum Gasteiger partial charge on any atom is -0.343 e. The molecule has 1 fully saturated rings. The average Bonchev–Trinajstić information content (AvgIpc) is 3.34. The monoisotopic (exact) mass is 435 g/mol. The summed E-state index contributed by atoms with van der Waals surface area (Å²) >= 11 is 0. The third kappa shape index (κ3) is 3.84. The van der Waals surface area contributed by atoms with Crippen LogP contribution >= 0.6 is 0 Å². The lowest BCUT2D eigenvalue weighted by Gasteiger charge is -2.13. The smallest absolute Gasteiger partial charge is 0.343 e. The van der Waals surface area contributed by atoms with Gasteiger partial charge >= 0.3 is 6.18 Å². The summed E-state index contributed by atoms with van der Waals surface area (Å²) in [6.07, 6.45) is -1.77. The van der Waals surface area contributed by atoms with E-state index in [1.807, 2.05) is 0 Å². The van der Waals surface area contributed by atoms with E-state index in [0.29, 0.717) is 16.8 Å². The number of carbonyl (C=O) groups is 2. The first-order chi connectivity index (χ1) is 14.6. The van der Waals surface area contributed by atoms with Gasteiger partial charge in [-0.1, -0.05) is 0 Å². The predicted octanol–water partition coefficient (Wildman–Crippen LogP) is 2.80. The fourth-order valence-corrected chi connectivity index (χ4v) is 3.24. The Morgan fingerprint density at radius 3 is 2.55 bits per heavy atom. The molecule has 3 aromatic rings. The normalized spacial score (nSPS) is 14.1. The molecule has 1 aliphatic carbocycles. The second-order valence-corrected chi connectivity index (χ2v) is 7.51. The summed E-state index contributed by atoms with van der Waals surface area (Å²) in [6.45, 7) is 2.18. The lowest BCUT2D eigenvalue weighted by atomic mass is 10.2. The van der Waals surface area contributed by atoms with Gasteiger partial charge in [-0.05, 0) is 25.8 Å². The maximum atomic E-state index is 13.6. The second-order valence-electron chi connectivity index (χ2n) is 7.51. The van der Waals surface area contributed by atoms with Gasteiger partial charge < -0.3 is 10.2 Å². The number of aromatic nitrogens is 5. The molecule has 1 N–H and O–H groups in total. The third-order valence-corrected chi connectivity index (χ3v) is 4.96. The maximum Gasteiger partial charge on any atom is 0.433 e. The largest absolute Gasteiger partial charge is 0.433 e. The van der Waals surface area contributed by atoms with Crippen molar-refractivity contribution >= 4 is 23.1 Å². The molecule has 164 valence electrons. The molecule has 0 bridgehead atoms. The van der Waals surface area contributed by atoms with Crippen molar-refractivity contribution in [1.29, 1.82) is 0 Å². The summed E-state index contributed by atoms with van der Waals surface area (Å²) < 4.78 is 42.7. The van der Waals surface area contributed by atoms with Crippen molar-refractivity contribution in [3.63, 3.8) is 0 Å². The van der Waals surface area contributed by atoms with Gasteiger partial charge in [0, 0.05) is 38.3 Å². The molecule has 4 rings (SSSR count). The molecule has 3 aromatic heterocycles. The molecule has 0 spiro atoms. The molecule has 0 aromatic carbocycles. The van der Waals surface area contributed by atoms with Gasteiger partial charge in [0.15, 0.2) is 11.3 Å². The number of aryl methyl sites for hydroxylation is 1. The highest BCUT2D eigenvalue weighted by atomic mass is 19.4. The Bertz CT molecular complexity index is 1180. The molecule has 31 heavy (non-hydrogen) atoms. The predicted molar refractivity (Wildman–Crippen MR) is 104 cm³/mol. The summed E-state index contributed by atoms with van der Waals surface area (Å²) in [5.41, 5.74) is -0.648. The van der Waals surface area contributed by atoms with Crippen molar-refractivity contribution in [1.82, 2.24) is 29.3 Å². The van der Waals surface area contributed by atoms with Crippen LogP contribution in [0.4, 0.5) is 18.9 Å². The zero-order chi connectivity index (χ0) is 22.5. The Balaban J connectivity index is 1.71. The number of hydrogen-bond acceptors (Lipinski definition) is 5. The molecule has 12 heteroatoms. The lowest BCUT2D eigenvalue weighted by molar-refractivity contribution is -0.142. The average molecular weight is 435 g/mol. The summed E-state index contributed by atoms with van der Waals surface area (Å²) in [7, 11) is 3.12. The highest BCUT2D eigenvalue weighted by Gasteiger charge is 2.37. The number of fused-ring (bicyclic) bond motifs is 1. The number of nitrogens with zero attached hydrogens (tertiary/aromatic N) is 6. The number of hydrogen-bond donors (Lipinski definition) is 1. The minimum absolute atomic E-state index is 0.00207. The van der Waals surface area contributed by atoms with Crippen LogP contribution in [0.5, 0.6) is 0 Å². The molecule has 1 aliphatic rings. The van der Waals surface area contributed by atoms with Gasteiger partial charge in [-0.25, -0.2) is 9.50 Å². The first-order valence-corrected chi connectivity index (χ1v) is 9.66. The van der Waals surface area contributed by atoms with E-state index in [0.717, 1.165) is 18.9 Å². The van der Waals surface area contributed by atoms with Crippen LogP contribution in [0.1, 0.15) is 58.0 Å². The quantitative estimate of drug-likeness (QED) is 0.665. The number of nitrogens with one attached hydrogen (secondary N) is 1. The van der Waals surface area contributed by atoms with Crippen LogP contribution in [0.15, 0.2) is 18.3 Å². The Kier molecular flexibility index (Phi) is 4.94. The third-order valence-electron chi connectivity index (χ3n) is 4.96. The Morgan fingerprint density at radius 2 is 1.97 bits per heavy atom. The fraction of sp³-hybridized carbons (Fsp3) is 0.421. The van der Waals surface area contributed by atoms with Gasteiger partial charge in [0.2, 0.25) is 0 Å². The Morgan fingerprint density at radius 1 is 1.26 bits per heavy atom. The van der Waals surface area contributed by atoms with Gasteiger partial charge in [-0.3, -0.25) is 14.3 Å². The van der Waals surface area contributed by atoms with Crippen molar-refractivity contribution in [3.8, 4) is 0 Å². The maximum absolute atomic E-state index is 13.6. The SMILES string of the molecule is CCn1ncc(NC(=O)c2cc3nc(C4CC4)cc(C(F)(F)F)n3n2)c1C(=O)N(C)C. The molecular formula is C19H20F3N7O2. The van der Waals surface area contributed by atoms with Crippen molar-refractivity contribution < 1.29 is 22.8 Å². The topological polar surface area (TPSA) is 97.4 Å². The van der Waals surface area contributed by atoms with Crippen LogP contribution in [0, 0.1) is 0 Å². The van der Waals surface area contributed by atoms with Crippen LogP contribution in [0.2, 0.25) is 0 Å². The van der Waals surface area contributed by atoms with E-state index >= 15 is 0 Å². The number of carbonyl (C=O) groups excluding carboxylic acids is 2.